The van der Waals surface area contributed by atoms with Gasteiger partial charge in [-0.2, -0.15) is 5.10 Å². The summed E-state index contributed by atoms with van der Waals surface area (Å²) in [5.41, 5.74) is 3.04. The normalized spacial score (nSPS) is 19.0. The van der Waals surface area contributed by atoms with Crippen molar-refractivity contribution in [2.24, 2.45) is 0 Å². The van der Waals surface area contributed by atoms with E-state index in [1.54, 1.807) is 0 Å². The standard InChI is InChI=1S/C14H15BrN2/c15-13-8-16-17(10-13)9-12-6-3-5-11-4-1-2-7-14(11)12/h1-2,4,7-8,10,12H,3,5-6,9H2. The number of hydrogen-bond acceptors (Lipinski definition) is 1. The largest absolute Gasteiger partial charge is 0.271 e. The first-order chi connectivity index (χ1) is 8.33. The highest BCUT2D eigenvalue weighted by atomic mass is 79.9. The molecule has 0 spiro atoms. The van der Waals surface area contributed by atoms with E-state index in [4.69, 9.17) is 0 Å². The van der Waals surface area contributed by atoms with Crippen LogP contribution in [0, 0.1) is 0 Å². The maximum Gasteiger partial charge on any atom is 0.0632 e. The highest BCUT2D eigenvalue weighted by Crippen LogP contribution is 2.32. The van der Waals surface area contributed by atoms with E-state index in [1.165, 1.54) is 30.4 Å². The van der Waals surface area contributed by atoms with Gasteiger partial charge in [0.1, 0.15) is 0 Å². The van der Waals surface area contributed by atoms with Gasteiger partial charge >= 0.3 is 0 Å². The summed E-state index contributed by atoms with van der Waals surface area (Å²) in [6.07, 6.45) is 7.71. The molecule has 1 aliphatic rings. The van der Waals surface area contributed by atoms with Gasteiger partial charge in [-0.25, -0.2) is 0 Å². The van der Waals surface area contributed by atoms with Crippen LogP contribution in [0.3, 0.4) is 0 Å². The van der Waals surface area contributed by atoms with Crippen molar-refractivity contribution in [2.45, 2.75) is 31.7 Å². The van der Waals surface area contributed by atoms with E-state index in [0.717, 1.165) is 11.0 Å². The average Bonchev–Trinajstić information content (AvgIpc) is 2.75. The Morgan fingerprint density at radius 3 is 3.06 bits per heavy atom. The van der Waals surface area contributed by atoms with E-state index in [2.05, 4.69) is 51.5 Å². The lowest BCUT2D eigenvalue weighted by molar-refractivity contribution is 0.457. The molecule has 1 atom stereocenters. The van der Waals surface area contributed by atoms with Crippen molar-refractivity contribution in [2.75, 3.05) is 0 Å². The van der Waals surface area contributed by atoms with Gasteiger partial charge in [-0.3, -0.25) is 4.68 Å². The predicted octanol–water partition coefficient (Wildman–Crippen LogP) is 3.77. The van der Waals surface area contributed by atoms with E-state index in [0.29, 0.717) is 5.92 Å². The quantitative estimate of drug-likeness (QED) is 0.823. The predicted molar refractivity (Wildman–Crippen MR) is 72.0 cm³/mol. The van der Waals surface area contributed by atoms with Crippen LogP contribution in [0.1, 0.15) is 29.9 Å². The molecule has 2 nitrogen and oxygen atoms in total. The fourth-order valence-electron chi connectivity index (χ4n) is 2.71. The molecule has 1 unspecified atom stereocenters. The van der Waals surface area contributed by atoms with Crippen LogP contribution in [-0.4, -0.2) is 9.78 Å². The minimum atomic E-state index is 0.617. The molecule has 2 aromatic rings. The molecule has 0 bridgehead atoms. The Labute approximate surface area is 110 Å². The monoisotopic (exact) mass is 290 g/mol. The molecule has 0 saturated carbocycles. The highest BCUT2D eigenvalue weighted by molar-refractivity contribution is 9.10. The van der Waals surface area contributed by atoms with E-state index < -0.39 is 0 Å². The number of fused-ring (bicyclic) bond motifs is 1. The van der Waals surface area contributed by atoms with Crippen LogP contribution in [0.2, 0.25) is 0 Å². The third-order valence-electron chi connectivity index (χ3n) is 3.50. The van der Waals surface area contributed by atoms with Gasteiger partial charge in [-0.15, -0.1) is 0 Å². The van der Waals surface area contributed by atoms with Crippen molar-refractivity contribution in [1.29, 1.82) is 0 Å². The van der Waals surface area contributed by atoms with Crippen LogP contribution in [0.5, 0.6) is 0 Å². The van der Waals surface area contributed by atoms with Gasteiger partial charge in [0.15, 0.2) is 0 Å². The summed E-state index contributed by atoms with van der Waals surface area (Å²) in [5.74, 6) is 0.617. The summed E-state index contributed by atoms with van der Waals surface area (Å²) in [6, 6.07) is 8.83. The van der Waals surface area contributed by atoms with Crippen LogP contribution in [0.15, 0.2) is 41.1 Å². The van der Waals surface area contributed by atoms with Gasteiger partial charge in [0.05, 0.1) is 10.7 Å². The Balaban J connectivity index is 1.85. The molecular formula is C14H15BrN2. The summed E-state index contributed by atoms with van der Waals surface area (Å²) >= 11 is 3.45. The lowest BCUT2D eigenvalue weighted by Gasteiger charge is -2.25. The Morgan fingerprint density at radius 2 is 2.24 bits per heavy atom. The molecule has 17 heavy (non-hydrogen) atoms. The summed E-state index contributed by atoms with van der Waals surface area (Å²) < 4.78 is 3.10. The van der Waals surface area contributed by atoms with Crippen LogP contribution >= 0.6 is 15.9 Å². The van der Waals surface area contributed by atoms with Gasteiger partial charge < -0.3 is 0 Å². The molecule has 1 aromatic heterocycles. The van der Waals surface area contributed by atoms with Gasteiger partial charge in [-0.05, 0) is 46.3 Å². The third-order valence-corrected chi connectivity index (χ3v) is 3.91. The van der Waals surface area contributed by atoms with Crippen molar-refractivity contribution >= 4 is 15.9 Å². The zero-order valence-electron chi connectivity index (χ0n) is 9.64. The van der Waals surface area contributed by atoms with E-state index in [-0.39, 0.29) is 0 Å². The lowest BCUT2D eigenvalue weighted by Crippen LogP contribution is -2.15. The van der Waals surface area contributed by atoms with E-state index in [1.807, 2.05) is 10.9 Å². The number of benzene rings is 1. The summed E-state index contributed by atoms with van der Waals surface area (Å²) in [4.78, 5) is 0. The van der Waals surface area contributed by atoms with E-state index in [9.17, 15) is 0 Å². The maximum atomic E-state index is 4.35. The van der Waals surface area contributed by atoms with Gasteiger partial charge in [-0.1, -0.05) is 24.3 Å². The van der Waals surface area contributed by atoms with Gasteiger partial charge in [0.2, 0.25) is 0 Å². The fourth-order valence-corrected chi connectivity index (χ4v) is 3.04. The molecule has 0 saturated heterocycles. The number of aryl methyl sites for hydroxylation is 1. The average molecular weight is 291 g/mol. The van der Waals surface area contributed by atoms with Crippen molar-refractivity contribution < 1.29 is 0 Å². The molecule has 88 valence electrons. The first-order valence-electron chi connectivity index (χ1n) is 6.09. The van der Waals surface area contributed by atoms with E-state index >= 15 is 0 Å². The summed E-state index contributed by atoms with van der Waals surface area (Å²) in [7, 11) is 0. The maximum absolute atomic E-state index is 4.35. The second-order valence-corrected chi connectivity index (χ2v) is 5.58. The lowest BCUT2D eigenvalue weighted by atomic mass is 9.83. The Kier molecular flexibility index (Phi) is 3.02. The van der Waals surface area contributed by atoms with Crippen LogP contribution < -0.4 is 0 Å². The SMILES string of the molecule is Brc1cnn(CC2CCCc3ccccc32)c1. The number of aromatic nitrogens is 2. The first-order valence-corrected chi connectivity index (χ1v) is 6.88. The van der Waals surface area contributed by atoms with Crippen molar-refractivity contribution in [1.82, 2.24) is 9.78 Å². The molecule has 1 aromatic carbocycles. The third kappa shape index (κ3) is 2.29. The molecule has 3 heteroatoms. The Hall–Kier alpha value is -1.09. The molecule has 0 amide bonds. The Bertz CT molecular complexity index is 518. The summed E-state index contributed by atoms with van der Waals surface area (Å²) in [6.45, 7) is 0.989. The molecule has 1 heterocycles. The molecule has 0 fully saturated rings. The Morgan fingerprint density at radius 1 is 1.35 bits per heavy atom. The molecule has 0 N–H and O–H groups in total. The zero-order chi connectivity index (χ0) is 11.7. The van der Waals surface area contributed by atoms with Crippen molar-refractivity contribution in [3.05, 3.63) is 52.3 Å². The van der Waals surface area contributed by atoms with Crippen LogP contribution in [0.25, 0.3) is 0 Å². The van der Waals surface area contributed by atoms with Gasteiger partial charge in [0.25, 0.3) is 0 Å². The number of nitrogens with zero attached hydrogens (tertiary/aromatic N) is 2. The van der Waals surface area contributed by atoms with Crippen LogP contribution in [0.4, 0.5) is 0 Å². The van der Waals surface area contributed by atoms with Gasteiger partial charge in [0, 0.05) is 18.7 Å². The van der Waals surface area contributed by atoms with Crippen molar-refractivity contribution in [3.63, 3.8) is 0 Å². The highest BCUT2D eigenvalue weighted by Gasteiger charge is 2.20. The molecule has 0 aliphatic heterocycles. The second kappa shape index (κ2) is 4.65. The summed E-state index contributed by atoms with van der Waals surface area (Å²) in [5, 5.41) is 4.35. The number of rotatable bonds is 2. The molecule has 0 radical (unpaired) electrons. The number of hydrogen-bond donors (Lipinski definition) is 0. The van der Waals surface area contributed by atoms with Crippen LogP contribution in [-0.2, 0) is 13.0 Å². The number of halogens is 1. The molecular weight excluding hydrogens is 276 g/mol. The second-order valence-electron chi connectivity index (χ2n) is 4.67. The minimum Gasteiger partial charge on any atom is -0.271 e. The molecule has 3 rings (SSSR count). The topological polar surface area (TPSA) is 17.8 Å². The zero-order valence-corrected chi connectivity index (χ0v) is 11.2. The first kappa shape index (κ1) is 11.0. The van der Waals surface area contributed by atoms with Crippen molar-refractivity contribution in [3.8, 4) is 0 Å². The smallest absolute Gasteiger partial charge is 0.0632 e. The fraction of sp³-hybridized carbons (Fsp3) is 0.357. The minimum absolute atomic E-state index is 0.617. The molecule has 1 aliphatic carbocycles.